The van der Waals surface area contributed by atoms with Gasteiger partial charge in [0.05, 0.1) is 19.1 Å². The van der Waals surface area contributed by atoms with Crippen LogP contribution in [0.15, 0.2) is 34.9 Å². The number of aromatic nitrogens is 2. The lowest BCUT2D eigenvalue weighted by molar-refractivity contribution is 0.122. The van der Waals surface area contributed by atoms with Crippen molar-refractivity contribution in [1.82, 2.24) is 15.5 Å². The molecule has 5 nitrogen and oxygen atoms in total. The fraction of sp³-hybridized carbons (Fsp3) is 0.500. The Morgan fingerprint density at radius 3 is 3.00 bits per heavy atom. The van der Waals surface area contributed by atoms with Crippen LogP contribution in [0.3, 0.4) is 0 Å². The van der Waals surface area contributed by atoms with Crippen LogP contribution in [-0.4, -0.2) is 29.8 Å². The number of nitrogens with zero attached hydrogens (tertiary/aromatic N) is 2. The molecule has 2 aromatic rings. The highest BCUT2D eigenvalue weighted by Crippen LogP contribution is 2.21. The summed E-state index contributed by atoms with van der Waals surface area (Å²) in [5.74, 6) is 1.87. The summed E-state index contributed by atoms with van der Waals surface area (Å²) >= 11 is 0. The fourth-order valence-corrected chi connectivity index (χ4v) is 2.53. The van der Waals surface area contributed by atoms with Gasteiger partial charge < -0.3 is 14.6 Å². The Bertz CT molecular complexity index is 535. The molecule has 1 atom stereocenters. The number of rotatable bonds is 6. The second-order valence-electron chi connectivity index (χ2n) is 5.38. The van der Waals surface area contributed by atoms with Crippen LogP contribution in [0.4, 0.5) is 0 Å². The van der Waals surface area contributed by atoms with Crippen LogP contribution in [0.2, 0.25) is 0 Å². The van der Waals surface area contributed by atoms with Gasteiger partial charge in [-0.2, -0.15) is 4.98 Å². The lowest BCUT2D eigenvalue weighted by Gasteiger charge is -2.18. The third-order valence-corrected chi connectivity index (χ3v) is 3.71. The smallest absolute Gasteiger partial charge is 0.231 e. The first-order chi connectivity index (χ1) is 10.4. The Hall–Kier alpha value is -1.72. The minimum absolute atomic E-state index is 0.366. The van der Waals surface area contributed by atoms with Gasteiger partial charge in [-0.25, -0.2) is 0 Å². The van der Waals surface area contributed by atoms with E-state index >= 15 is 0 Å². The molecule has 1 aromatic carbocycles. The summed E-state index contributed by atoms with van der Waals surface area (Å²) in [6.07, 6.45) is 2.98. The van der Waals surface area contributed by atoms with E-state index in [4.69, 9.17) is 9.26 Å². The SMILES string of the molecule is c1ccc(COCCc2noc([C@@H]3CCCNC3)n2)cc1. The summed E-state index contributed by atoms with van der Waals surface area (Å²) in [7, 11) is 0. The Morgan fingerprint density at radius 2 is 2.19 bits per heavy atom. The summed E-state index contributed by atoms with van der Waals surface area (Å²) in [6.45, 7) is 3.26. The van der Waals surface area contributed by atoms with E-state index < -0.39 is 0 Å². The number of hydrogen-bond donors (Lipinski definition) is 1. The maximum Gasteiger partial charge on any atom is 0.231 e. The van der Waals surface area contributed by atoms with Crippen molar-refractivity contribution < 1.29 is 9.26 Å². The molecule has 1 N–H and O–H groups in total. The zero-order valence-electron chi connectivity index (χ0n) is 12.1. The zero-order valence-corrected chi connectivity index (χ0v) is 12.1. The molecule has 0 aliphatic carbocycles. The predicted molar refractivity (Wildman–Crippen MR) is 78.9 cm³/mol. The van der Waals surface area contributed by atoms with E-state index in [2.05, 4.69) is 27.6 Å². The molecule has 112 valence electrons. The van der Waals surface area contributed by atoms with E-state index in [1.807, 2.05) is 18.2 Å². The topological polar surface area (TPSA) is 60.2 Å². The third-order valence-electron chi connectivity index (χ3n) is 3.71. The van der Waals surface area contributed by atoms with Gasteiger partial charge in [-0.3, -0.25) is 0 Å². The third kappa shape index (κ3) is 4.12. The largest absolute Gasteiger partial charge is 0.376 e. The van der Waals surface area contributed by atoms with Gasteiger partial charge in [0.1, 0.15) is 0 Å². The predicted octanol–water partition coefficient (Wildman–Crippen LogP) is 2.30. The number of nitrogens with one attached hydrogen (secondary N) is 1. The minimum atomic E-state index is 0.366. The van der Waals surface area contributed by atoms with E-state index in [1.165, 1.54) is 12.0 Å². The van der Waals surface area contributed by atoms with Gasteiger partial charge in [0.15, 0.2) is 5.82 Å². The zero-order chi connectivity index (χ0) is 14.3. The average Bonchev–Trinajstić information content (AvgIpc) is 3.02. The number of benzene rings is 1. The van der Waals surface area contributed by atoms with Crippen molar-refractivity contribution in [3.8, 4) is 0 Å². The van der Waals surface area contributed by atoms with E-state index in [1.54, 1.807) is 0 Å². The van der Waals surface area contributed by atoms with Crippen molar-refractivity contribution in [1.29, 1.82) is 0 Å². The van der Waals surface area contributed by atoms with Gasteiger partial charge in [-0.15, -0.1) is 0 Å². The monoisotopic (exact) mass is 287 g/mol. The number of ether oxygens (including phenoxy) is 1. The summed E-state index contributed by atoms with van der Waals surface area (Å²) in [5.41, 5.74) is 1.18. The molecule has 1 saturated heterocycles. The standard InChI is InChI=1S/C16H21N3O2/c1-2-5-13(6-3-1)12-20-10-8-15-18-16(21-19-15)14-7-4-9-17-11-14/h1-3,5-6,14,17H,4,7-12H2/t14-/m1/s1. The van der Waals surface area contributed by atoms with Crippen LogP contribution in [0.1, 0.15) is 36.0 Å². The Morgan fingerprint density at radius 1 is 1.29 bits per heavy atom. The minimum Gasteiger partial charge on any atom is -0.376 e. The lowest BCUT2D eigenvalue weighted by atomic mass is 10.00. The fourth-order valence-electron chi connectivity index (χ4n) is 2.53. The molecule has 0 spiro atoms. The Balaban J connectivity index is 1.42. The molecule has 0 amide bonds. The van der Waals surface area contributed by atoms with Gasteiger partial charge >= 0.3 is 0 Å². The second-order valence-corrected chi connectivity index (χ2v) is 5.38. The molecule has 5 heteroatoms. The molecule has 1 aliphatic heterocycles. The van der Waals surface area contributed by atoms with E-state index in [0.717, 1.165) is 31.2 Å². The molecule has 0 bridgehead atoms. The van der Waals surface area contributed by atoms with Crippen molar-refractivity contribution in [2.24, 2.45) is 0 Å². The quantitative estimate of drug-likeness (QED) is 0.826. The summed E-state index contributed by atoms with van der Waals surface area (Å²) in [4.78, 5) is 4.48. The van der Waals surface area contributed by atoms with Crippen LogP contribution >= 0.6 is 0 Å². The van der Waals surface area contributed by atoms with Gasteiger partial charge in [-0.05, 0) is 24.9 Å². The van der Waals surface area contributed by atoms with Gasteiger partial charge in [0.2, 0.25) is 5.89 Å². The van der Waals surface area contributed by atoms with Gasteiger partial charge in [-0.1, -0.05) is 35.5 Å². The van der Waals surface area contributed by atoms with Crippen LogP contribution in [0.5, 0.6) is 0 Å². The van der Waals surface area contributed by atoms with Crippen molar-refractivity contribution in [3.63, 3.8) is 0 Å². The van der Waals surface area contributed by atoms with Crippen LogP contribution < -0.4 is 5.32 Å². The molecule has 0 unspecified atom stereocenters. The Labute approximate surface area is 124 Å². The van der Waals surface area contributed by atoms with E-state index in [0.29, 0.717) is 25.6 Å². The highest BCUT2D eigenvalue weighted by molar-refractivity contribution is 5.13. The van der Waals surface area contributed by atoms with Gasteiger partial charge in [0, 0.05) is 13.0 Å². The maximum atomic E-state index is 5.64. The van der Waals surface area contributed by atoms with Gasteiger partial charge in [0.25, 0.3) is 0 Å². The average molecular weight is 287 g/mol. The molecule has 1 aliphatic rings. The highest BCUT2D eigenvalue weighted by Gasteiger charge is 2.21. The number of hydrogen-bond acceptors (Lipinski definition) is 5. The van der Waals surface area contributed by atoms with Crippen LogP contribution in [0, 0.1) is 0 Å². The molecule has 0 saturated carbocycles. The first-order valence-electron chi connectivity index (χ1n) is 7.56. The van der Waals surface area contributed by atoms with Crippen LogP contribution in [0.25, 0.3) is 0 Å². The first kappa shape index (κ1) is 14.2. The van der Waals surface area contributed by atoms with E-state index in [9.17, 15) is 0 Å². The summed E-state index contributed by atoms with van der Waals surface area (Å²) in [6, 6.07) is 10.2. The molecule has 1 aromatic heterocycles. The highest BCUT2D eigenvalue weighted by atomic mass is 16.5. The molecule has 2 heterocycles. The molecule has 21 heavy (non-hydrogen) atoms. The van der Waals surface area contributed by atoms with E-state index in [-0.39, 0.29) is 0 Å². The van der Waals surface area contributed by atoms with Crippen molar-refractivity contribution in [2.75, 3.05) is 19.7 Å². The second kappa shape index (κ2) is 7.33. The molecule has 0 radical (unpaired) electrons. The molecule has 1 fully saturated rings. The lowest BCUT2D eigenvalue weighted by Crippen LogP contribution is -2.28. The van der Waals surface area contributed by atoms with Crippen molar-refractivity contribution >= 4 is 0 Å². The van der Waals surface area contributed by atoms with Crippen molar-refractivity contribution in [2.45, 2.75) is 31.8 Å². The maximum absolute atomic E-state index is 5.64. The Kier molecular flexibility index (Phi) is 4.97. The molecular weight excluding hydrogens is 266 g/mol. The molecular formula is C16H21N3O2. The normalized spacial score (nSPS) is 18.8. The summed E-state index contributed by atoms with van der Waals surface area (Å²) < 4.78 is 11.0. The van der Waals surface area contributed by atoms with Crippen molar-refractivity contribution in [3.05, 3.63) is 47.6 Å². The van der Waals surface area contributed by atoms with Crippen LogP contribution in [-0.2, 0) is 17.8 Å². The first-order valence-corrected chi connectivity index (χ1v) is 7.56. The molecule has 3 rings (SSSR count). The summed E-state index contributed by atoms with van der Waals surface area (Å²) in [5, 5.41) is 7.40. The number of piperidine rings is 1.